The fourth-order valence-corrected chi connectivity index (χ4v) is 1.84. The van der Waals surface area contributed by atoms with E-state index in [1.54, 1.807) is 14.2 Å². The predicted molar refractivity (Wildman–Crippen MR) is 48.3 cm³/mol. The molecule has 1 fully saturated rings. The van der Waals surface area contributed by atoms with Gasteiger partial charge in [-0.1, -0.05) is 0 Å². The summed E-state index contributed by atoms with van der Waals surface area (Å²) in [6, 6.07) is 0.550. The van der Waals surface area contributed by atoms with Gasteiger partial charge in [-0.25, -0.2) is 0 Å². The van der Waals surface area contributed by atoms with Gasteiger partial charge in [0.25, 0.3) is 0 Å². The van der Waals surface area contributed by atoms with Gasteiger partial charge in [-0.2, -0.15) is 0 Å². The van der Waals surface area contributed by atoms with Crippen molar-refractivity contribution in [2.45, 2.75) is 37.5 Å². The van der Waals surface area contributed by atoms with Crippen LogP contribution in [0.25, 0.3) is 0 Å². The Kier molecular flexibility index (Phi) is 3.98. The van der Waals surface area contributed by atoms with Crippen LogP contribution < -0.4 is 5.32 Å². The highest BCUT2D eigenvalue weighted by Crippen LogP contribution is 2.22. The summed E-state index contributed by atoms with van der Waals surface area (Å²) in [6.07, 6.45) is 3.97. The summed E-state index contributed by atoms with van der Waals surface area (Å²) in [6.45, 7) is 0. The largest absolute Gasteiger partial charge is 0.381 e. The van der Waals surface area contributed by atoms with E-state index in [1.165, 1.54) is 0 Å². The smallest absolute Gasteiger partial charge is 0.0610 e. The Morgan fingerprint density at radius 2 is 1.50 bits per heavy atom. The molecule has 0 aromatic rings. The van der Waals surface area contributed by atoms with Crippen LogP contribution in [0.4, 0.5) is 0 Å². The molecule has 2 unspecified atom stereocenters. The maximum Gasteiger partial charge on any atom is 0.0610 e. The number of methoxy groups -OCH3 is 2. The average Bonchev–Trinajstić information content (AvgIpc) is 2.16. The van der Waals surface area contributed by atoms with E-state index in [4.69, 9.17) is 9.47 Å². The molecule has 0 saturated heterocycles. The molecule has 3 nitrogen and oxygen atoms in total. The van der Waals surface area contributed by atoms with E-state index in [0.717, 1.165) is 19.3 Å². The van der Waals surface area contributed by atoms with Crippen molar-refractivity contribution < 1.29 is 9.47 Å². The minimum Gasteiger partial charge on any atom is -0.381 e. The minimum atomic E-state index is 0.362. The highest BCUT2D eigenvalue weighted by atomic mass is 16.5. The van der Waals surface area contributed by atoms with Crippen molar-refractivity contribution in [2.24, 2.45) is 0 Å². The Labute approximate surface area is 74.4 Å². The first-order chi connectivity index (χ1) is 5.80. The molecule has 0 heterocycles. The van der Waals surface area contributed by atoms with Gasteiger partial charge in [0.1, 0.15) is 0 Å². The molecule has 1 aliphatic rings. The summed E-state index contributed by atoms with van der Waals surface area (Å²) in [4.78, 5) is 0. The molecule has 0 aromatic heterocycles. The highest BCUT2D eigenvalue weighted by Gasteiger charge is 2.27. The van der Waals surface area contributed by atoms with E-state index in [-0.39, 0.29) is 0 Å². The van der Waals surface area contributed by atoms with Crippen LogP contribution in [0.15, 0.2) is 0 Å². The van der Waals surface area contributed by atoms with Gasteiger partial charge < -0.3 is 14.8 Å². The molecule has 0 aliphatic heterocycles. The second-order valence-electron chi connectivity index (χ2n) is 3.41. The lowest BCUT2D eigenvalue weighted by atomic mass is 9.90. The lowest BCUT2D eigenvalue weighted by molar-refractivity contribution is -0.0198. The molecule has 0 amide bonds. The van der Waals surface area contributed by atoms with Crippen LogP contribution in [0.5, 0.6) is 0 Å². The van der Waals surface area contributed by atoms with Crippen LogP contribution in [-0.2, 0) is 9.47 Å². The molecule has 12 heavy (non-hydrogen) atoms. The summed E-state index contributed by atoms with van der Waals surface area (Å²) in [7, 11) is 5.54. The standard InChI is InChI=1S/C9H19NO2/c1-10-7-4-8(11-2)6-9(5-7)12-3/h7-10H,4-6H2,1-3H3. The van der Waals surface area contributed by atoms with Gasteiger partial charge in [-0.3, -0.25) is 0 Å². The van der Waals surface area contributed by atoms with Gasteiger partial charge in [0.2, 0.25) is 0 Å². The van der Waals surface area contributed by atoms with Crippen LogP contribution in [0, 0.1) is 0 Å². The lowest BCUT2D eigenvalue weighted by Gasteiger charge is -2.33. The van der Waals surface area contributed by atoms with Crippen molar-refractivity contribution in [2.75, 3.05) is 21.3 Å². The molecule has 3 heteroatoms. The first-order valence-electron chi connectivity index (χ1n) is 4.53. The van der Waals surface area contributed by atoms with Crippen molar-refractivity contribution in [3.63, 3.8) is 0 Å². The normalized spacial score (nSPS) is 36.8. The SMILES string of the molecule is CNC1CC(OC)CC(OC)C1. The van der Waals surface area contributed by atoms with E-state index in [0.29, 0.717) is 18.2 Å². The van der Waals surface area contributed by atoms with Crippen LogP contribution in [-0.4, -0.2) is 39.5 Å². The van der Waals surface area contributed by atoms with Crippen LogP contribution in [0.2, 0.25) is 0 Å². The Morgan fingerprint density at radius 3 is 1.83 bits per heavy atom. The van der Waals surface area contributed by atoms with Gasteiger partial charge in [0.15, 0.2) is 0 Å². The second-order valence-corrected chi connectivity index (χ2v) is 3.41. The van der Waals surface area contributed by atoms with Gasteiger partial charge >= 0.3 is 0 Å². The van der Waals surface area contributed by atoms with Gasteiger partial charge in [-0.15, -0.1) is 0 Å². The summed E-state index contributed by atoms with van der Waals surface area (Å²) < 4.78 is 10.7. The molecule has 1 N–H and O–H groups in total. The predicted octanol–water partition coefficient (Wildman–Crippen LogP) is 0.788. The monoisotopic (exact) mass is 173 g/mol. The zero-order valence-corrected chi connectivity index (χ0v) is 8.17. The van der Waals surface area contributed by atoms with Gasteiger partial charge in [0, 0.05) is 20.3 Å². The maximum absolute atomic E-state index is 5.34. The number of rotatable bonds is 3. The van der Waals surface area contributed by atoms with Crippen LogP contribution in [0.3, 0.4) is 0 Å². The lowest BCUT2D eigenvalue weighted by Crippen LogP contribution is -2.41. The fraction of sp³-hybridized carbons (Fsp3) is 1.00. The molecule has 0 aromatic carbocycles. The number of ether oxygens (including phenoxy) is 2. The zero-order valence-electron chi connectivity index (χ0n) is 8.17. The minimum absolute atomic E-state index is 0.362. The molecular formula is C9H19NO2. The van der Waals surface area contributed by atoms with E-state index < -0.39 is 0 Å². The Bertz CT molecular complexity index is 99.9. The molecule has 2 atom stereocenters. The fourth-order valence-electron chi connectivity index (χ4n) is 1.84. The number of hydrogen-bond donors (Lipinski definition) is 1. The summed E-state index contributed by atoms with van der Waals surface area (Å²) in [5, 5.41) is 3.27. The Balaban J connectivity index is 2.41. The third-order valence-corrected chi connectivity index (χ3v) is 2.70. The van der Waals surface area contributed by atoms with Crippen molar-refractivity contribution in [3.05, 3.63) is 0 Å². The van der Waals surface area contributed by atoms with Crippen LogP contribution in [0.1, 0.15) is 19.3 Å². The maximum atomic E-state index is 5.34. The summed E-state index contributed by atoms with van der Waals surface area (Å²) >= 11 is 0. The Hall–Kier alpha value is -0.120. The molecular weight excluding hydrogens is 154 g/mol. The first-order valence-corrected chi connectivity index (χ1v) is 4.53. The van der Waals surface area contributed by atoms with Gasteiger partial charge in [-0.05, 0) is 26.3 Å². The van der Waals surface area contributed by atoms with Crippen molar-refractivity contribution in [3.8, 4) is 0 Å². The van der Waals surface area contributed by atoms with Gasteiger partial charge in [0.05, 0.1) is 12.2 Å². The summed E-state index contributed by atoms with van der Waals surface area (Å²) in [5.41, 5.74) is 0. The van der Waals surface area contributed by atoms with Crippen molar-refractivity contribution in [1.29, 1.82) is 0 Å². The van der Waals surface area contributed by atoms with E-state index in [1.807, 2.05) is 7.05 Å². The first kappa shape index (κ1) is 9.96. The Morgan fingerprint density at radius 1 is 1.00 bits per heavy atom. The summed E-state index contributed by atoms with van der Waals surface area (Å²) in [5.74, 6) is 0. The third kappa shape index (κ3) is 2.44. The molecule has 0 bridgehead atoms. The second kappa shape index (κ2) is 4.80. The molecule has 1 saturated carbocycles. The number of hydrogen-bond acceptors (Lipinski definition) is 3. The van der Waals surface area contributed by atoms with Crippen molar-refractivity contribution in [1.82, 2.24) is 5.32 Å². The highest BCUT2D eigenvalue weighted by molar-refractivity contribution is 4.83. The van der Waals surface area contributed by atoms with Crippen molar-refractivity contribution >= 4 is 0 Å². The topological polar surface area (TPSA) is 30.5 Å². The van der Waals surface area contributed by atoms with Crippen LogP contribution >= 0.6 is 0 Å². The average molecular weight is 173 g/mol. The third-order valence-electron chi connectivity index (χ3n) is 2.70. The zero-order chi connectivity index (χ0) is 8.97. The quantitative estimate of drug-likeness (QED) is 0.684. The molecule has 0 radical (unpaired) electrons. The number of nitrogens with one attached hydrogen (secondary N) is 1. The van der Waals surface area contributed by atoms with E-state index in [9.17, 15) is 0 Å². The molecule has 0 spiro atoms. The molecule has 72 valence electrons. The molecule has 1 aliphatic carbocycles. The molecule has 1 rings (SSSR count). The van der Waals surface area contributed by atoms with E-state index in [2.05, 4.69) is 5.32 Å². The van der Waals surface area contributed by atoms with E-state index >= 15 is 0 Å².